The smallest absolute Gasteiger partial charge is 0.240 e. The van der Waals surface area contributed by atoms with Gasteiger partial charge in [0, 0.05) is 6.54 Å². The summed E-state index contributed by atoms with van der Waals surface area (Å²) >= 11 is 0. The lowest BCUT2D eigenvalue weighted by Crippen LogP contribution is -2.24. The molecular weight excluding hydrogens is 248 g/mol. The summed E-state index contributed by atoms with van der Waals surface area (Å²) < 4.78 is 26.4. The number of allylic oxidation sites excluding steroid dienone is 1. The van der Waals surface area contributed by atoms with Crippen LogP contribution < -0.4 is 10.5 Å². The fourth-order valence-electron chi connectivity index (χ4n) is 1.53. The number of hydrogen-bond acceptors (Lipinski definition) is 3. The van der Waals surface area contributed by atoms with Crippen molar-refractivity contribution in [3.05, 3.63) is 42.0 Å². The molecule has 0 unspecified atom stereocenters. The van der Waals surface area contributed by atoms with E-state index in [4.69, 9.17) is 5.73 Å². The Morgan fingerprint density at radius 2 is 1.94 bits per heavy atom. The second-order valence-corrected chi connectivity index (χ2v) is 5.71. The molecule has 0 bridgehead atoms. The zero-order valence-corrected chi connectivity index (χ0v) is 11.4. The molecule has 5 heteroatoms. The van der Waals surface area contributed by atoms with Crippen LogP contribution in [0.4, 0.5) is 0 Å². The highest BCUT2D eigenvalue weighted by Crippen LogP contribution is 2.10. The highest BCUT2D eigenvalue weighted by atomic mass is 32.2. The van der Waals surface area contributed by atoms with Crippen molar-refractivity contribution in [1.29, 1.82) is 0 Å². The molecule has 3 N–H and O–H groups in total. The van der Waals surface area contributed by atoms with E-state index in [1.165, 1.54) is 0 Å². The third-order valence-electron chi connectivity index (χ3n) is 2.51. The van der Waals surface area contributed by atoms with Crippen LogP contribution in [0.25, 0.3) is 0 Å². The molecule has 0 aromatic heterocycles. The van der Waals surface area contributed by atoms with E-state index in [1.54, 1.807) is 24.3 Å². The molecule has 0 aliphatic carbocycles. The van der Waals surface area contributed by atoms with E-state index in [-0.39, 0.29) is 0 Å². The summed E-state index contributed by atoms with van der Waals surface area (Å²) in [5.74, 6) is 0. The molecule has 0 amide bonds. The van der Waals surface area contributed by atoms with Gasteiger partial charge in [-0.3, -0.25) is 0 Å². The summed E-state index contributed by atoms with van der Waals surface area (Å²) in [4.78, 5) is 0.295. The number of benzene rings is 1. The van der Waals surface area contributed by atoms with Gasteiger partial charge in [-0.15, -0.1) is 0 Å². The summed E-state index contributed by atoms with van der Waals surface area (Å²) in [6.45, 7) is 2.88. The van der Waals surface area contributed by atoms with Crippen LogP contribution in [0.5, 0.6) is 0 Å². The van der Waals surface area contributed by atoms with Gasteiger partial charge in [0.15, 0.2) is 0 Å². The quantitative estimate of drug-likeness (QED) is 0.580. The molecule has 0 heterocycles. The molecule has 0 aliphatic heterocycles. The lowest BCUT2D eigenvalue weighted by molar-refractivity contribution is 0.582. The highest BCUT2D eigenvalue weighted by Gasteiger charge is 2.12. The summed E-state index contributed by atoms with van der Waals surface area (Å²) in [7, 11) is -3.39. The summed E-state index contributed by atoms with van der Waals surface area (Å²) in [5.41, 5.74) is 6.49. The minimum absolute atomic E-state index is 0.295. The second-order valence-electron chi connectivity index (χ2n) is 3.94. The van der Waals surface area contributed by atoms with Gasteiger partial charge in [-0.05, 0) is 44.0 Å². The van der Waals surface area contributed by atoms with Crippen LogP contribution in [0.3, 0.4) is 0 Å². The van der Waals surface area contributed by atoms with Gasteiger partial charge in [-0.1, -0.05) is 24.3 Å². The Kier molecular flexibility index (Phi) is 6.04. The highest BCUT2D eigenvalue weighted by molar-refractivity contribution is 7.89. The fraction of sp³-hybridized carbons (Fsp3) is 0.385. The molecule has 1 aromatic rings. The second kappa shape index (κ2) is 7.31. The molecule has 0 aliphatic rings. The van der Waals surface area contributed by atoms with Gasteiger partial charge >= 0.3 is 0 Å². The minimum Gasteiger partial charge on any atom is -0.330 e. The van der Waals surface area contributed by atoms with Crippen molar-refractivity contribution in [2.45, 2.75) is 24.7 Å². The van der Waals surface area contributed by atoms with Crippen LogP contribution >= 0.6 is 0 Å². The van der Waals surface area contributed by atoms with Crippen molar-refractivity contribution in [3.63, 3.8) is 0 Å². The molecule has 4 nitrogen and oxygen atoms in total. The van der Waals surface area contributed by atoms with Gasteiger partial charge in [0.1, 0.15) is 0 Å². The van der Waals surface area contributed by atoms with E-state index in [0.29, 0.717) is 24.4 Å². The number of nitrogens with one attached hydrogen (secondary N) is 1. The molecule has 0 atom stereocenters. The van der Waals surface area contributed by atoms with E-state index in [2.05, 4.69) is 4.72 Å². The van der Waals surface area contributed by atoms with Crippen LogP contribution in [0.1, 0.15) is 18.9 Å². The van der Waals surface area contributed by atoms with E-state index < -0.39 is 10.0 Å². The van der Waals surface area contributed by atoms with E-state index >= 15 is 0 Å². The number of hydrogen-bond donors (Lipinski definition) is 2. The van der Waals surface area contributed by atoms with Crippen molar-refractivity contribution in [2.75, 3.05) is 13.1 Å². The first-order valence-corrected chi connectivity index (χ1v) is 7.48. The first kappa shape index (κ1) is 14.9. The molecule has 0 saturated carbocycles. The molecule has 1 aromatic carbocycles. The molecule has 100 valence electrons. The van der Waals surface area contributed by atoms with Crippen molar-refractivity contribution < 1.29 is 8.42 Å². The monoisotopic (exact) mass is 268 g/mol. The van der Waals surface area contributed by atoms with E-state index in [9.17, 15) is 8.42 Å². The van der Waals surface area contributed by atoms with Gasteiger partial charge in [0.2, 0.25) is 10.0 Å². The first-order valence-electron chi connectivity index (χ1n) is 6.00. The Hall–Kier alpha value is -1.17. The number of sulfonamides is 1. The largest absolute Gasteiger partial charge is 0.330 e. The van der Waals surface area contributed by atoms with Crippen molar-refractivity contribution in [3.8, 4) is 0 Å². The molecule has 0 saturated heterocycles. The standard InChI is InChI=1S/C13H20N2O2S/c1-2-3-4-11-15-18(16,17)13-7-5-12(6-8-13)9-10-14/h2-3,5-8,15H,4,9-11,14H2,1H3/b3-2+. The molecule has 0 fully saturated rings. The maximum atomic E-state index is 11.9. The molecule has 1 rings (SSSR count). The minimum atomic E-state index is -3.39. The lowest BCUT2D eigenvalue weighted by Gasteiger charge is -2.06. The lowest BCUT2D eigenvalue weighted by atomic mass is 10.2. The fourth-order valence-corrected chi connectivity index (χ4v) is 2.58. The van der Waals surface area contributed by atoms with Crippen LogP contribution in [-0.2, 0) is 16.4 Å². The van der Waals surface area contributed by atoms with Crippen LogP contribution in [0, 0.1) is 0 Å². The van der Waals surface area contributed by atoms with Crippen LogP contribution in [-0.4, -0.2) is 21.5 Å². The topological polar surface area (TPSA) is 72.2 Å². The predicted octanol–water partition coefficient (Wildman–Crippen LogP) is 1.43. The summed E-state index contributed by atoms with van der Waals surface area (Å²) in [6, 6.07) is 6.83. The zero-order chi connectivity index (χ0) is 13.4. The van der Waals surface area contributed by atoms with E-state index in [0.717, 1.165) is 12.0 Å². The zero-order valence-electron chi connectivity index (χ0n) is 10.6. The third-order valence-corrected chi connectivity index (χ3v) is 3.98. The van der Waals surface area contributed by atoms with Crippen LogP contribution in [0.2, 0.25) is 0 Å². The maximum Gasteiger partial charge on any atom is 0.240 e. The Labute approximate surface area is 109 Å². The average Bonchev–Trinajstić information content (AvgIpc) is 2.36. The Bertz CT molecular complexity index is 478. The number of rotatable bonds is 7. The Morgan fingerprint density at radius 3 is 2.50 bits per heavy atom. The summed E-state index contributed by atoms with van der Waals surface area (Å²) in [5, 5.41) is 0. The van der Waals surface area contributed by atoms with Gasteiger partial charge < -0.3 is 5.73 Å². The van der Waals surface area contributed by atoms with Gasteiger partial charge in [0.05, 0.1) is 4.90 Å². The molecular formula is C13H20N2O2S. The molecule has 0 spiro atoms. The Morgan fingerprint density at radius 1 is 1.28 bits per heavy atom. The average molecular weight is 268 g/mol. The van der Waals surface area contributed by atoms with Crippen molar-refractivity contribution in [1.82, 2.24) is 4.72 Å². The predicted molar refractivity (Wildman–Crippen MR) is 73.8 cm³/mol. The number of nitrogens with two attached hydrogens (primary N) is 1. The van der Waals surface area contributed by atoms with E-state index in [1.807, 2.05) is 19.1 Å². The third kappa shape index (κ3) is 4.60. The van der Waals surface area contributed by atoms with Crippen LogP contribution in [0.15, 0.2) is 41.3 Å². The SMILES string of the molecule is C/C=C/CCNS(=O)(=O)c1ccc(CCN)cc1. The van der Waals surface area contributed by atoms with Gasteiger partial charge in [-0.2, -0.15) is 0 Å². The Balaban J connectivity index is 2.66. The maximum absolute atomic E-state index is 11.9. The van der Waals surface area contributed by atoms with Gasteiger partial charge in [0.25, 0.3) is 0 Å². The van der Waals surface area contributed by atoms with Crippen molar-refractivity contribution >= 4 is 10.0 Å². The summed E-state index contributed by atoms with van der Waals surface area (Å²) in [6.07, 6.45) is 5.28. The first-order chi connectivity index (χ1) is 8.60. The van der Waals surface area contributed by atoms with Crippen molar-refractivity contribution in [2.24, 2.45) is 5.73 Å². The molecule has 0 radical (unpaired) electrons. The van der Waals surface area contributed by atoms with Gasteiger partial charge in [-0.25, -0.2) is 13.1 Å². The normalized spacial score (nSPS) is 12.1. The molecule has 18 heavy (non-hydrogen) atoms.